The molecule has 0 aliphatic carbocycles. The summed E-state index contributed by atoms with van der Waals surface area (Å²) in [7, 11) is 0. The summed E-state index contributed by atoms with van der Waals surface area (Å²) in [5.74, 6) is -1.32. The van der Waals surface area contributed by atoms with Crippen molar-refractivity contribution in [1.82, 2.24) is 9.80 Å². The highest BCUT2D eigenvalue weighted by Crippen LogP contribution is 2.30. The fourth-order valence-electron chi connectivity index (χ4n) is 4.65. The van der Waals surface area contributed by atoms with Crippen molar-refractivity contribution in [3.8, 4) is 11.1 Å². The van der Waals surface area contributed by atoms with Gasteiger partial charge in [0.15, 0.2) is 0 Å². The lowest BCUT2D eigenvalue weighted by atomic mass is 9.93. The lowest BCUT2D eigenvalue weighted by molar-refractivity contribution is -0.137. The molecule has 2 amide bonds. The van der Waals surface area contributed by atoms with Gasteiger partial charge >= 0.3 is 5.97 Å². The number of rotatable bonds is 12. The molecule has 0 bridgehead atoms. The third-order valence-corrected chi connectivity index (χ3v) is 7.71. The molecular formula is C33H34N2O4S. The summed E-state index contributed by atoms with van der Waals surface area (Å²) in [5.41, 5.74) is 3.32. The van der Waals surface area contributed by atoms with Crippen LogP contribution in [0.2, 0.25) is 0 Å². The van der Waals surface area contributed by atoms with Crippen LogP contribution in [0.4, 0.5) is 0 Å². The van der Waals surface area contributed by atoms with Crippen molar-refractivity contribution < 1.29 is 19.5 Å². The molecule has 0 unspecified atom stereocenters. The van der Waals surface area contributed by atoms with Crippen LogP contribution in [0.15, 0.2) is 96.4 Å². The van der Waals surface area contributed by atoms with E-state index in [2.05, 4.69) is 0 Å². The summed E-state index contributed by atoms with van der Waals surface area (Å²) in [6.07, 6.45) is 0.499. The highest BCUT2D eigenvalue weighted by Gasteiger charge is 2.25. The Hall–Kier alpha value is -4.23. The number of benzene rings is 3. The number of thiophene rings is 1. The van der Waals surface area contributed by atoms with Crippen LogP contribution in [-0.2, 0) is 17.8 Å². The smallest absolute Gasteiger partial charge is 0.305 e. The van der Waals surface area contributed by atoms with Gasteiger partial charge in [-0.15, -0.1) is 11.3 Å². The largest absolute Gasteiger partial charge is 0.481 e. The molecule has 206 valence electrons. The molecule has 40 heavy (non-hydrogen) atoms. The Kier molecular flexibility index (Phi) is 9.86. The summed E-state index contributed by atoms with van der Waals surface area (Å²) in [6.45, 7) is 4.97. The molecule has 1 heterocycles. The second-order valence-electron chi connectivity index (χ2n) is 9.87. The van der Waals surface area contributed by atoms with Crippen molar-refractivity contribution in [2.45, 2.75) is 39.3 Å². The Labute approximate surface area is 239 Å². The second-order valence-corrected chi connectivity index (χ2v) is 10.9. The van der Waals surface area contributed by atoms with Gasteiger partial charge in [-0.2, -0.15) is 0 Å². The Morgan fingerprint density at radius 2 is 1.35 bits per heavy atom. The molecule has 0 radical (unpaired) electrons. The SMILES string of the molecule is CC(C)N(Cc1ccccc1)C(=O)c1ccccc1-c1ccccc1C(=O)N(CCC(=O)O)CCc1cccs1. The minimum Gasteiger partial charge on any atom is -0.481 e. The average Bonchev–Trinajstić information content (AvgIpc) is 3.49. The Morgan fingerprint density at radius 3 is 1.93 bits per heavy atom. The van der Waals surface area contributed by atoms with E-state index < -0.39 is 5.97 Å². The molecule has 1 aromatic heterocycles. The van der Waals surface area contributed by atoms with Crippen LogP contribution in [0.5, 0.6) is 0 Å². The van der Waals surface area contributed by atoms with E-state index in [0.29, 0.717) is 41.8 Å². The monoisotopic (exact) mass is 554 g/mol. The number of carboxylic acids is 1. The minimum atomic E-state index is -0.953. The van der Waals surface area contributed by atoms with Crippen molar-refractivity contribution in [3.63, 3.8) is 0 Å². The molecule has 0 spiro atoms. The molecule has 4 rings (SSSR count). The first-order chi connectivity index (χ1) is 19.3. The van der Waals surface area contributed by atoms with E-state index in [4.69, 9.17) is 0 Å². The van der Waals surface area contributed by atoms with Crippen molar-refractivity contribution in [2.24, 2.45) is 0 Å². The van der Waals surface area contributed by atoms with Crippen LogP contribution in [0, 0.1) is 0 Å². The summed E-state index contributed by atoms with van der Waals surface area (Å²) in [5, 5.41) is 11.3. The Balaban J connectivity index is 1.68. The maximum absolute atomic E-state index is 14.0. The lowest BCUT2D eigenvalue weighted by Gasteiger charge is -2.28. The van der Waals surface area contributed by atoms with E-state index in [1.54, 1.807) is 34.4 Å². The van der Waals surface area contributed by atoms with E-state index in [9.17, 15) is 19.5 Å². The summed E-state index contributed by atoms with van der Waals surface area (Å²) in [4.78, 5) is 43.8. The number of amides is 2. The van der Waals surface area contributed by atoms with Crippen molar-refractivity contribution >= 4 is 29.1 Å². The number of hydrogen-bond acceptors (Lipinski definition) is 4. The fraction of sp³-hybridized carbons (Fsp3) is 0.242. The highest BCUT2D eigenvalue weighted by molar-refractivity contribution is 7.09. The van der Waals surface area contributed by atoms with Crippen molar-refractivity contribution in [1.29, 1.82) is 0 Å². The number of carboxylic acid groups (broad SMARTS) is 1. The molecule has 0 aliphatic rings. The van der Waals surface area contributed by atoms with Crippen LogP contribution in [0.3, 0.4) is 0 Å². The van der Waals surface area contributed by atoms with Gasteiger partial charge in [-0.25, -0.2) is 0 Å². The predicted octanol–water partition coefficient (Wildman–Crippen LogP) is 6.63. The van der Waals surface area contributed by atoms with E-state index in [1.807, 2.05) is 96.9 Å². The number of nitrogens with zero attached hydrogens (tertiary/aromatic N) is 2. The number of hydrogen-bond donors (Lipinski definition) is 1. The number of carbonyl (C=O) groups excluding carboxylic acids is 2. The number of carbonyl (C=O) groups is 3. The van der Waals surface area contributed by atoms with Crippen LogP contribution in [-0.4, -0.2) is 51.8 Å². The fourth-order valence-corrected chi connectivity index (χ4v) is 5.35. The molecule has 7 heteroatoms. The Morgan fingerprint density at radius 1 is 0.750 bits per heavy atom. The molecule has 4 aromatic rings. The van der Waals surface area contributed by atoms with Gasteiger partial charge in [0.1, 0.15) is 0 Å². The molecule has 0 saturated carbocycles. The Bertz CT molecular complexity index is 1430. The highest BCUT2D eigenvalue weighted by atomic mass is 32.1. The minimum absolute atomic E-state index is 0.0404. The van der Waals surface area contributed by atoms with Gasteiger partial charge in [0.25, 0.3) is 11.8 Å². The van der Waals surface area contributed by atoms with Crippen LogP contribution in [0.25, 0.3) is 11.1 Å². The van der Waals surface area contributed by atoms with Crippen molar-refractivity contribution in [3.05, 3.63) is 118 Å². The molecule has 0 atom stereocenters. The van der Waals surface area contributed by atoms with Gasteiger partial charge in [-0.3, -0.25) is 14.4 Å². The lowest BCUT2D eigenvalue weighted by Crippen LogP contribution is -2.37. The van der Waals surface area contributed by atoms with Crippen LogP contribution < -0.4 is 0 Å². The summed E-state index contributed by atoms with van der Waals surface area (Å²) < 4.78 is 0. The normalized spacial score (nSPS) is 10.9. The average molecular weight is 555 g/mol. The summed E-state index contributed by atoms with van der Waals surface area (Å²) >= 11 is 1.61. The first-order valence-electron chi connectivity index (χ1n) is 13.4. The number of aliphatic carboxylic acids is 1. The zero-order valence-electron chi connectivity index (χ0n) is 22.8. The third-order valence-electron chi connectivity index (χ3n) is 6.78. The molecule has 6 nitrogen and oxygen atoms in total. The van der Waals surface area contributed by atoms with Gasteiger partial charge < -0.3 is 14.9 Å². The molecule has 3 aromatic carbocycles. The molecule has 1 N–H and O–H groups in total. The topological polar surface area (TPSA) is 77.9 Å². The maximum atomic E-state index is 14.0. The van der Waals surface area contributed by atoms with Gasteiger partial charge in [0.05, 0.1) is 6.42 Å². The second kappa shape index (κ2) is 13.7. The molecule has 0 aliphatic heterocycles. The molecule has 0 saturated heterocycles. The van der Waals surface area contributed by atoms with E-state index in [1.165, 1.54) is 0 Å². The van der Waals surface area contributed by atoms with Gasteiger partial charge in [-0.05, 0) is 60.5 Å². The van der Waals surface area contributed by atoms with E-state index in [0.717, 1.165) is 10.4 Å². The van der Waals surface area contributed by atoms with E-state index in [-0.39, 0.29) is 30.8 Å². The van der Waals surface area contributed by atoms with Gasteiger partial charge in [0, 0.05) is 41.7 Å². The van der Waals surface area contributed by atoms with Crippen LogP contribution >= 0.6 is 11.3 Å². The van der Waals surface area contributed by atoms with Crippen LogP contribution in [0.1, 0.15) is 51.4 Å². The van der Waals surface area contributed by atoms with E-state index >= 15 is 0 Å². The van der Waals surface area contributed by atoms with Gasteiger partial charge in [-0.1, -0.05) is 72.8 Å². The summed E-state index contributed by atoms with van der Waals surface area (Å²) in [6, 6.07) is 28.4. The standard InChI is InChI=1S/C33H34N2O4S/c1-24(2)35(23-25-11-4-3-5-12-25)33(39)30-17-9-7-15-28(30)27-14-6-8-16-29(27)32(38)34(21-19-31(36)37)20-18-26-13-10-22-40-26/h3-17,22,24H,18-21,23H2,1-2H3,(H,36,37). The zero-order valence-corrected chi connectivity index (χ0v) is 23.6. The quantitative estimate of drug-likeness (QED) is 0.213. The first-order valence-corrected chi connectivity index (χ1v) is 14.3. The molecule has 0 fully saturated rings. The first kappa shape index (κ1) is 28.8. The maximum Gasteiger partial charge on any atom is 0.305 e. The molecular weight excluding hydrogens is 520 g/mol. The van der Waals surface area contributed by atoms with Crippen molar-refractivity contribution in [2.75, 3.05) is 13.1 Å². The van der Waals surface area contributed by atoms with Gasteiger partial charge in [0.2, 0.25) is 0 Å². The zero-order chi connectivity index (χ0) is 28.5. The predicted molar refractivity (Wildman–Crippen MR) is 160 cm³/mol. The third kappa shape index (κ3) is 7.24.